The number of aromatic nitrogens is 1. The lowest BCUT2D eigenvalue weighted by molar-refractivity contribution is -0.128. The Morgan fingerprint density at radius 3 is 2.45 bits per heavy atom. The average molecular weight is 711 g/mol. The normalized spacial score (nSPS) is 17.6. The lowest BCUT2D eigenvalue weighted by Gasteiger charge is -2.36. The van der Waals surface area contributed by atoms with Crippen LogP contribution in [0, 0.1) is 18.8 Å². The van der Waals surface area contributed by atoms with Gasteiger partial charge in [-0.1, -0.05) is 67.9 Å². The third kappa shape index (κ3) is 9.04. The van der Waals surface area contributed by atoms with Gasteiger partial charge >= 0.3 is 6.03 Å². The van der Waals surface area contributed by atoms with Crippen LogP contribution in [0.15, 0.2) is 70.0 Å². The van der Waals surface area contributed by atoms with Crippen molar-refractivity contribution in [3.63, 3.8) is 0 Å². The predicted molar refractivity (Wildman–Crippen MR) is 188 cm³/mol. The van der Waals surface area contributed by atoms with E-state index in [4.69, 9.17) is 5.21 Å². The number of sulfonamides is 1. The van der Waals surface area contributed by atoms with E-state index in [1.54, 1.807) is 21.9 Å². The van der Waals surface area contributed by atoms with Crippen LogP contribution in [0.25, 0.3) is 0 Å². The molecule has 264 valence electrons. The number of aliphatic hydroxyl groups excluding tert-OH is 1. The van der Waals surface area contributed by atoms with Crippen molar-refractivity contribution in [2.75, 3.05) is 26.2 Å². The Hall–Kier alpha value is -3.85. The molecule has 3 N–H and O–H groups in total. The largest absolute Gasteiger partial charge is 0.411 e. The molecule has 1 saturated heterocycles. The van der Waals surface area contributed by atoms with Crippen molar-refractivity contribution in [3.05, 3.63) is 81.8 Å². The van der Waals surface area contributed by atoms with Gasteiger partial charge in [0.05, 0.1) is 40.5 Å². The molecule has 14 heteroatoms. The first-order valence-electron chi connectivity index (χ1n) is 16.7. The maximum Gasteiger partial charge on any atom is 0.321 e. The minimum Gasteiger partial charge on any atom is -0.411 e. The molecule has 12 nitrogen and oxygen atoms in total. The van der Waals surface area contributed by atoms with Crippen LogP contribution in [-0.2, 0) is 27.8 Å². The van der Waals surface area contributed by atoms with Crippen molar-refractivity contribution in [2.24, 2.45) is 17.0 Å². The lowest BCUT2D eigenvalue weighted by Crippen LogP contribution is -2.57. The summed E-state index contributed by atoms with van der Waals surface area (Å²) in [6.07, 6.45) is 3.03. The zero-order valence-corrected chi connectivity index (χ0v) is 29.8. The van der Waals surface area contributed by atoms with Gasteiger partial charge in [0, 0.05) is 31.6 Å². The zero-order chi connectivity index (χ0) is 35.1. The van der Waals surface area contributed by atoms with Crippen LogP contribution in [0.1, 0.15) is 54.9 Å². The molecule has 1 aliphatic heterocycles. The Bertz CT molecular complexity index is 1690. The van der Waals surface area contributed by atoms with Gasteiger partial charge in [0.25, 0.3) is 0 Å². The maximum atomic E-state index is 14.1. The summed E-state index contributed by atoms with van der Waals surface area (Å²) in [6, 6.07) is 13.5. The van der Waals surface area contributed by atoms with Gasteiger partial charge in [-0.25, -0.2) is 18.2 Å². The second kappa shape index (κ2) is 16.2. The summed E-state index contributed by atoms with van der Waals surface area (Å²) in [5.74, 6) is -0.453. The molecule has 1 aliphatic carbocycles. The van der Waals surface area contributed by atoms with Crippen LogP contribution >= 0.6 is 11.3 Å². The van der Waals surface area contributed by atoms with E-state index < -0.39 is 34.1 Å². The fraction of sp³-hybridized carbons (Fsp3) is 0.486. The van der Waals surface area contributed by atoms with E-state index in [-0.39, 0.29) is 42.3 Å². The van der Waals surface area contributed by atoms with Gasteiger partial charge in [0.2, 0.25) is 15.9 Å². The SMILES string of the molecule is Cc1nc(CN2CCN([C@H](C(=O)N[C@@H](Cc3ccccc3)[C@H](O)CN(CC3CCC3)S(=O)(=O)c3ccc(C=NO)cc3)C(C)C)C2=O)cs1. The number of oxime groups is 1. The predicted octanol–water partition coefficient (Wildman–Crippen LogP) is 4.10. The summed E-state index contributed by atoms with van der Waals surface area (Å²) < 4.78 is 29.3. The number of hydrogen-bond donors (Lipinski definition) is 3. The quantitative estimate of drug-likeness (QED) is 0.115. The second-order valence-electron chi connectivity index (χ2n) is 13.2. The van der Waals surface area contributed by atoms with Crippen molar-refractivity contribution < 1.29 is 28.3 Å². The maximum absolute atomic E-state index is 14.1. The molecular weight excluding hydrogens is 665 g/mol. The summed E-state index contributed by atoms with van der Waals surface area (Å²) in [5.41, 5.74) is 2.21. The number of aryl methyl sites for hydroxylation is 1. The van der Waals surface area contributed by atoms with Gasteiger partial charge < -0.3 is 25.4 Å². The molecule has 1 aromatic heterocycles. The monoisotopic (exact) mass is 710 g/mol. The molecule has 2 heterocycles. The number of aliphatic hydroxyl groups is 1. The highest BCUT2D eigenvalue weighted by atomic mass is 32.2. The summed E-state index contributed by atoms with van der Waals surface area (Å²) in [6.45, 7) is 6.91. The van der Waals surface area contributed by atoms with E-state index in [2.05, 4.69) is 15.5 Å². The van der Waals surface area contributed by atoms with E-state index in [1.807, 2.05) is 56.5 Å². The van der Waals surface area contributed by atoms with Crippen molar-refractivity contribution >= 4 is 39.5 Å². The fourth-order valence-corrected chi connectivity index (χ4v) is 8.56. The van der Waals surface area contributed by atoms with Crippen LogP contribution in [-0.4, -0.2) is 100 Å². The van der Waals surface area contributed by atoms with Gasteiger partial charge in [-0.15, -0.1) is 11.3 Å². The average Bonchev–Trinajstić information content (AvgIpc) is 3.62. The molecule has 2 aromatic carbocycles. The molecule has 1 saturated carbocycles. The standard InChI is InChI=1S/C35H46N6O6S2/c1-24(2)33(41-17-16-39(35(41)44)21-29-23-48-25(3)37-29)34(43)38-31(18-26-8-5-4-6-9-26)32(42)22-40(20-28-10-7-11-28)49(46,47)30-14-12-27(13-15-30)19-36-45/h4-6,8-9,12-15,19,23-24,28,31-33,42,45H,7,10-11,16-18,20-22H2,1-3H3,(H,38,43)/t31-,32+,33-/m0/s1. The fourth-order valence-electron chi connectivity index (χ4n) is 6.42. The number of benzene rings is 2. The number of carbonyl (C=O) groups excluding carboxylic acids is 2. The van der Waals surface area contributed by atoms with Crippen molar-refractivity contribution in [1.29, 1.82) is 0 Å². The Morgan fingerprint density at radius 1 is 1.14 bits per heavy atom. The highest BCUT2D eigenvalue weighted by Gasteiger charge is 2.41. The minimum atomic E-state index is -4.02. The molecule has 5 rings (SSSR count). The van der Waals surface area contributed by atoms with Crippen molar-refractivity contribution in [3.8, 4) is 0 Å². The van der Waals surface area contributed by atoms with Gasteiger partial charge in [-0.05, 0) is 61.3 Å². The first-order chi connectivity index (χ1) is 23.5. The number of hydrogen-bond acceptors (Lipinski definition) is 9. The van der Waals surface area contributed by atoms with E-state index >= 15 is 0 Å². The number of nitrogens with one attached hydrogen (secondary N) is 1. The molecule has 0 bridgehead atoms. The smallest absolute Gasteiger partial charge is 0.321 e. The Balaban J connectivity index is 1.36. The molecule has 3 aromatic rings. The lowest BCUT2D eigenvalue weighted by atomic mass is 9.85. The molecule has 2 fully saturated rings. The van der Waals surface area contributed by atoms with Gasteiger partial charge in [-0.3, -0.25) is 4.79 Å². The zero-order valence-electron chi connectivity index (χ0n) is 28.2. The molecule has 49 heavy (non-hydrogen) atoms. The molecule has 2 aliphatic rings. The molecule has 3 atom stereocenters. The van der Waals surface area contributed by atoms with Crippen LogP contribution in [0.4, 0.5) is 4.79 Å². The third-order valence-corrected chi connectivity index (χ3v) is 11.9. The van der Waals surface area contributed by atoms with E-state index in [9.17, 15) is 23.1 Å². The summed E-state index contributed by atoms with van der Waals surface area (Å²) in [7, 11) is -4.02. The molecule has 0 spiro atoms. The first kappa shape index (κ1) is 36.4. The Kier molecular flexibility index (Phi) is 12.1. The van der Waals surface area contributed by atoms with Gasteiger partial charge in [0.15, 0.2) is 0 Å². The van der Waals surface area contributed by atoms with Gasteiger partial charge in [-0.2, -0.15) is 4.31 Å². The highest BCUT2D eigenvalue weighted by Crippen LogP contribution is 2.30. The van der Waals surface area contributed by atoms with E-state index in [0.29, 0.717) is 25.2 Å². The number of rotatable bonds is 16. The molecular formula is C35H46N6O6S2. The number of urea groups is 1. The molecule has 3 amide bonds. The minimum absolute atomic E-state index is 0.0579. The Labute approximate surface area is 292 Å². The number of amides is 3. The second-order valence-corrected chi connectivity index (χ2v) is 16.2. The Morgan fingerprint density at radius 2 is 1.86 bits per heavy atom. The summed E-state index contributed by atoms with van der Waals surface area (Å²) in [4.78, 5) is 35.5. The van der Waals surface area contributed by atoms with E-state index in [0.717, 1.165) is 35.5 Å². The number of carbonyl (C=O) groups is 2. The summed E-state index contributed by atoms with van der Waals surface area (Å²) >= 11 is 1.53. The molecule has 0 radical (unpaired) electrons. The van der Waals surface area contributed by atoms with Crippen molar-refractivity contribution in [2.45, 2.75) is 76.1 Å². The van der Waals surface area contributed by atoms with Crippen LogP contribution < -0.4 is 5.32 Å². The topological polar surface area (TPSA) is 156 Å². The van der Waals surface area contributed by atoms with Crippen LogP contribution in [0.3, 0.4) is 0 Å². The molecule has 0 unspecified atom stereocenters. The van der Waals surface area contributed by atoms with E-state index in [1.165, 1.54) is 34.0 Å². The third-order valence-electron chi connectivity index (χ3n) is 9.27. The van der Waals surface area contributed by atoms with Crippen LogP contribution in [0.5, 0.6) is 0 Å². The number of nitrogens with zero attached hydrogens (tertiary/aromatic N) is 5. The van der Waals surface area contributed by atoms with Gasteiger partial charge in [0.1, 0.15) is 6.04 Å². The first-order valence-corrected chi connectivity index (χ1v) is 19.0. The van der Waals surface area contributed by atoms with Crippen molar-refractivity contribution in [1.82, 2.24) is 24.4 Å². The highest BCUT2D eigenvalue weighted by molar-refractivity contribution is 7.89. The van der Waals surface area contributed by atoms with Crippen LogP contribution in [0.2, 0.25) is 0 Å². The number of thiazole rings is 1. The summed E-state index contributed by atoms with van der Waals surface area (Å²) in [5, 5.41) is 29.6.